The molecule has 0 heterocycles. The minimum atomic E-state index is -0.628. The quantitative estimate of drug-likeness (QED) is 0.143. The summed E-state index contributed by atoms with van der Waals surface area (Å²) in [5.41, 5.74) is 21.2. The van der Waals surface area contributed by atoms with E-state index in [4.69, 9.17) is 0 Å². The maximum Gasteiger partial charge on any atom is 0.0715 e. The van der Waals surface area contributed by atoms with E-state index in [1.54, 1.807) is 0 Å². The van der Waals surface area contributed by atoms with Crippen LogP contribution in [0.15, 0.2) is 255 Å². The van der Waals surface area contributed by atoms with Crippen LogP contribution in [0.1, 0.15) is 47.2 Å². The smallest absolute Gasteiger partial charge is 0.0715 e. The van der Waals surface area contributed by atoms with E-state index in [2.05, 4.69) is 278 Å². The average Bonchev–Trinajstić information content (AvgIpc) is 3.80. The molecule has 314 valence electrons. The van der Waals surface area contributed by atoms with E-state index in [1.165, 1.54) is 66.8 Å². The third kappa shape index (κ3) is 6.25. The Labute approximate surface area is 388 Å². The predicted octanol–water partition coefficient (Wildman–Crippen LogP) is 17.0. The maximum atomic E-state index is 2.47. The molecule has 0 bridgehead atoms. The second-order valence-electron chi connectivity index (χ2n) is 18.1. The zero-order valence-corrected chi connectivity index (χ0v) is 37.1. The van der Waals surface area contributed by atoms with Crippen molar-refractivity contribution in [2.45, 2.75) is 24.7 Å². The molecule has 0 saturated carbocycles. The molecule has 0 spiro atoms. The Balaban J connectivity index is 1.05. The van der Waals surface area contributed by atoms with Crippen molar-refractivity contribution in [1.29, 1.82) is 0 Å². The van der Waals surface area contributed by atoms with E-state index in [-0.39, 0.29) is 5.41 Å². The van der Waals surface area contributed by atoms with Crippen LogP contribution in [0.5, 0.6) is 0 Å². The van der Waals surface area contributed by atoms with Gasteiger partial charge >= 0.3 is 0 Å². The number of benzene rings is 10. The van der Waals surface area contributed by atoms with Gasteiger partial charge in [-0.15, -0.1) is 0 Å². The summed E-state index contributed by atoms with van der Waals surface area (Å²) < 4.78 is 0. The summed E-state index contributed by atoms with van der Waals surface area (Å²) in [5.74, 6) is 0. The molecule has 0 radical (unpaired) electrons. The molecule has 10 aromatic rings. The van der Waals surface area contributed by atoms with Crippen LogP contribution in [-0.2, 0) is 10.8 Å². The van der Waals surface area contributed by atoms with E-state index in [0.29, 0.717) is 0 Å². The van der Waals surface area contributed by atoms with Gasteiger partial charge < -0.3 is 9.80 Å². The Morgan fingerprint density at radius 3 is 1.18 bits per heavy atom. The molecule has 0 atom stereocenters. The number of para-hydroxylation sites is 3. The summed E-state index contributed by atoms with van der Waals surface area (Å²) in [5, 5.41) is 0. The third-order valence-electron chi connectivity index (χ3n) is 14.1. The van der Waals surface area contributed by atoms with Crippen molar-refractivity contribution in [2.75, 3.05) is 9.80 Å². The van der Waals surface area contributed by atoms with Crippen molar-refractivity contribution in [3.63, 3.8) is 0 Å². The lowest BCUT2D eigenvalue weighted by atomic mass is 9.67. The first-order valence-electron chi connectivity index (χ1n) is 23.0. The highest BCUT2D eigenvalue weighted by atomic mass is 15.1. The first-order chi connectivity index (χ1) is 32.5. The topological polar surface area (TPSA) is 6.48 Å². The molecule has 0 unspecified atom stereocenters. The zero-order chi connectivity index (χ0) is 44.2. The number of hydrogen-bond donors (Lipinski definition) is 0. The Bertz CT molecular complexity index is 3300. The van der Waals surface area contributed by atoms with Crippen molar-refractivity contribution in [2.24, 2.45) is 0 Å². The molecule has 12 rings (SSSR count). The third-order valence-corrected chi connectivity index (χ3v) is 14.1. The molecule has 2 aliphatic carbocycles. The molecular weight excluding hydrogens is 797 g/mol. The molecule has 0 amide bonds. The van der Waals surface area contributed by atoms with Gasteiger partial charge in [-0.2, -0.15) is 0 Å². The van der Waals surface area contributed by atoms with Gasteiger partial charge in [0.2, 0.25) is 0 Å². The normalized spacial score (nSPS) is 13.5. The first kappa shape index (κ1) is 39.4. The number of anilines is 6. The molecule has 0 N–H and O–H groups in total. The van der Waals surface area contributed by atoms with Gasteiger partial charge in [0.1, 0.15) is 0 Å². The van der Waals surface area contributed by atoms with Crippen molar-refractivity contribution in [1.82, 2.24) is 0 Å². The highest BCUT2D eigenvalue weighted by Gasteiger charge is 2.47. The Morgan fingerprint density at radius 1 is 0.258 bits per heavy atom. The van der Waals surface area contributed by atoms with E-state index in [9.17, 15) is 0 Å². The van der Waals surface area contributed by atoms with Crippen LogP contribution in [0.4, 0.5) is 34.1 Å². The average molecular weight is 845 g/mol. The second-order valence-corrected chi connectivity index (χ2v) is 18.1. The number of nitrogens with zero attached hydrogens (tertiary/aromatic N) is 2. The minimum Gasteiger partial charge on any atom is -0.310 e. The summed E-state index contributed by atoms with van der Waals surface area (Å²) in [6.07, 6.45) is 0. The summed E-state index contributed by atoms with van der Waals surface area (Å²) in [7, 11) is 0. The van der Waals surface area contributed by atoms with Gasteiger partial charge in [0.25, 0.3) is 0 Å². The van der Waals surface area contributed by atoms with Crippen molar-refractivity contribution in [3.8, 4) is 33.4 Å². The van der Waals surface area contributed by atoms with Gasteiger partial charge in [0.05, 0.1) is 5.41 Å². The molecule has 10 aromatic carbocycles. The van der Waals surface area contributed by atoms with Gasteiger partial charge in [-0.1, -0.05) is 190 Å². The standard InChI is InChI=1S/C64H48N2/c1-63(2)59-34-19-18-33-55(59)58-42-46(35-40-60(58)63)45-21-20-32-52(41-45)66(51-30-16-7-17-31-51)54-37-39-57-56-38-36-53(65(49-26-12-5-13-27-49)50-28-14-6-15-29-50)43-61(56)64(62(57)44-54,47-22-8-3-9-23-47)48-24-10-4-11-25-48/h3-44H,1-2H3. The van der Waals surface area contributed by atoms with Crippen LogP contribution in [-0.4, -0.2) is 0 Å². The summed E-state index contributed by atoms with van der Waals surface area (Å²) in [6.45, 7) is 4.69. The fraction of sp³-hybridized carbons (Fsp3) is 0.0625. The van der Waals surface area contributed by atoms with Crippen LogP contribution in [0.3, 0.4) is 0 Å². The predicted molar refractivity (Wildman–Crippen MR) is 276 cm³/mol. The fourth-order valence-electron chi connectivity index (χ4n) is 11.1. The summed E-state index contributed by atoms with van der Waals surface area (Å²) in [4.78, 5) is 4.80. The Kier molecular flexibility index (Phi) is 9.43. The van der Waals surface area contributed by atoms with Gasteiger partial charge in [0, 0.05) is 39.5 Å². The fourth-order valence-corrected chi connectivity index (χ4v) is 11.1. The van der Waals surface area contributed by atoms with Crippen molar-refractivity contribution < 1.29 is 0 Å². The zero-order valence-electron chi connectivity index (χ0n) is 37.1. The van der Waals surface area contributed by atoms with Gasteiger partial charge in [0.15, 0.2) is 0 Å². The molecule has 0 aromatic heterocycles. The van der Waals surface area contributed by atoms with Crippen LogP contribution in [0.2, 0.25) is 0 Å². The summed E-state index contributed by atoms with van der Waals surface area (Å²) >= 11 is 0. The molecular formula is C64H48N2. The second kappa shape index (κ2) is 15.8. The molecule has 0 saturated heterocycles. The summed E-state index contributed by atoms with van der Waals surface area (Å²) in [6, 6.07) is 93.8. The van der Waals surface area contributed by atoms with Gasteiger partial charge in [-0.25, -0.2) is 0 Å². The highest BCUT2D eigenvalue weighted by Crippen LogP contribution is 2.59. The van der Waals surface area contributed by atoms with E-state index < -0.39 is 5.41 Å². The Morgan fingerprint density at radius 2 is 0.652 bits per heavy atom. The van der Waals surface area contributed by atoms with E-state index >= 15 is 0 Å². The largest absolute Gasteiger partial charge is 0.310 e. The minimum absolute atomic E-state index is 0.0386. The number of fused-ring (bicyclic) bond motifs is 6. The lowest BCUT2D eigenvalue weighted by molar-refractivity contribution is 0.660. The molecule has 66 heavy (non-hydrogen) atoms. The molecule has 0 fully saturated rings. The first-order valence-corrected chi connectivity index (χ1v) is 23.0. The van der Waals surface area contributed by atoms with E-state index in [0.717, 1.165) is 34.1 Å². The van der Waals surface area contributed by atoms with Crippen LogP contribution in [0.25, 0.3) is 33.4 Å². The van der Waals surface area contributed by atoms with Crippen LogP contribution >= 0.6 is 0 Å². The Hall–Kier alpha value is -8.20. The van der Waals surface area contributed by atoms with Crippen LogP contribution in [0, 0.1) is 0 Å². The lowest BCUT2D eigenvalue weighted by Crippen LogP contribution is -2.29. The molecule has 2 heteroatoms. The number of hydrogen-bond acceptors (Lipinski definition) is 2. The molecule has 0 aliphatic heterocycles. The molecule has 2 nitrogen and oxygen atoms in total. The number of rotatable bonds is 9. The maximum absolute atomic E-state index is 2.47. The van der Waals surface area contributed by atoms with Crippen molar-refractivity contribution in [3.05, 3.63) is 288 Å². The van der Waals surface area contributed by atoms with Gasteiger partial charge in [-0.05, 0) is 146 Å². The lowest BCUT2D eigenvalue weighted by Gasteiger charge is -2.35. The van der Waals surface area contributed by atoms with Gasteiger partial charge in [-0.3, -0.25) is 0 Å². The van der Waals surface area contributed by atoms with Crippen molar-refractivity contribution >= 4 is 34.1 Å². The highest BCUT2D eigenvalue weighted by molar-refractivity contribution is 5.92. The van der Waals surface area contributed by atoms with E-state index in [1.807, 2.05) is 0 Å². The molecule has 2 aliphatic rings. The SMILES string of the molecule is CC1(C)c2ccccc2-c2cc(-c3cccc(N(c4ccccc4)c4ccc5c(c4)C(c4ccccc4)(c4ccccc4)c4cc(N(c6ccccc6)c6ccccc6)ccc4-5)c3)ccc21. The van der Waals surface area contributed by atoms with Crippen LogP contribution < -0.4 is 9.80 Å². The monoisotopic (exact) mass is 844 g/mol.